The first-order valence-corrected chi connectivity index (χ1v) is 8.16. The Morgan fingerprint density at radius 2 is 1.04 bits per heavy atom. The average molecular weight is 350 g/mol. The number of amides is 2. The van der Waals surface area contributed by atoms with Crippen LogP contribution in [0.3, 0.4) is 0 Å². The van der Waals surface area contributed by atoms with Crippen LogP contribution in [0.2, 0.25) is 0 Å². The summed E-state index contributed by atoms with van der Waals surface area (Å²) >= 11 is 0. The maximum Gasteiger partial charge on any atom is 0.322 e. The van der Waals surface area contributed by atoms with Crippen LogP contribution in [0, 0.1) is 0 Å². The molecule has 0 bridgehead atoms. The summed E-state index contributed by atoms with van der Waals surface area (Å²) in [5, 5.41) is 17.5. The van der Waals surface area contributed by atoms with Gasteiger partial charge in [-0.15, -0.1) is 0 Å². The lowest BCUT2D eigenvalue weighted by Crippen LogP contribution is -2.41. The highest BCUT2D eigenvalue weighted by atomic mass is 16.2. The zero-order chi connectivity index (χ0) is 18.1. The third-order valence-electron chi connectivity index (χ3n) is 3.99. The third-order valence-corrected chi connectivity index (χ3v) is 3.99. The Morgan fingerprint density at radius 1 is 0.731 bits per heavy atom. The molecule has 0 atom stereocenters. The normalized spacial score (nSPS) is 11.2. The Bertz CT molecular complexity index is 919. The molecular weight excluding hydrogens is 332 g/mol. The first-order valence-electron chi connectivity index (χ1n) is 8.16. The number of fused-ring (bicyclic) bond motifs is 2. The minimum Gasteiger partial charge on any atom is -0.306 e. The fraction of sp³-hybridized carbons (Fsp3) is 0.235. The maximum absolute atomic E-state index is 12.6. The number of aromatic nitrogens is 6. The van der Waals surface area contributed by atoms with E-state index in [2.05, 4.69) is 20.4 Å². The molecular formula is C17H18N8O. The van der Waals surface area contributed by atoms with Crippen LogP contribution in [0.1, 0.15) is 0 Å². The monoisotopic (exact) mass is 350 g/mol. The van der Waals surface area contributed by atoms with Gasteiger partial charge < -0.3 is 9.80 Å². The lowest BCUT2D eigenvalue weighted by atomic mass is 10.3. The van der Waals surface area contributed by atoms with E-state index in [0.717, 1.165) is 22.1 Å². The van der Waals surface area contributed by atoms with E-state index in [1.54, 1.807) is 23.9 Å². The zero-order valence-electron chi connectivity index (χ0n) is 14.5. The van der Waals surface area contributed by atoms with Crippen LogP contribution in [0.4, 0.5) is 4.79 Å². The Hall–Kier alpha value is -3.49. The van der Waals surface area contributed by atoms with Crippen molar-refractivity contribution in [2.45, 2.75) is 13.3 Å². The van der Waals surface area contributed by atoms with Crippen molar-refractivity contribution in [3.05, 3.63) is 48.5 Å². The van der Waals surface area contributed by atoms with E-state index < -0.39 is 0 Å². The van der Waals surface area contributed by atoms with Crippen molar-refractivity contribution in [3.8, 4) is 0 Å². The molecule has 0 aliphatic rings. The van der Waals surface area contributed by atoms with Crippen LogP contribution in [-0.2, 0) is 13.3 Å². The number of hydrogen-bond acceptors (Lipinski definition) is 5. The zero-order valence-corrected chi connectivity index (χ0v) is 14.5. The second-order valence-electron chi connectivity index (χ2n) is 6.08. The number of urea groups is 1. The molecule has 2 aromatic carbocycles. The van der Waals surface area contributed by atoms with E-state index in [-0.39, 0.29) is 19.4 Å². The summed E-state index contributed by atoms with van der Waals surface area (Å²) in [7, 11) is 3.42. The highest BCUT2D eigenvalue weighted by Crippen LogP contribution is 2.09. The first-order chi connectivity index (χ1) is 12.6. The Balaban J connectivity index is 1.43. The summed E-state index contributed by atoms with van der Waals surface area (Å²) in [6.07, 6.45) is 0. The van der Waals surface area contributed by atoms with E-state index >= 15 is 0 Å². The largest absolute Gasteiger partial charge is 0.322 e. The SMILES string of the molecule is CN(Cn1nc2ccccc2n1)C(=O)N(C)Cn1nc2ccccc2n1. The molecule has 4 rings (SSSR count). The van der Waals surface area contributed by atoms with Crippen LogP contribution in [-0.4, -0.2) is 59.9 Å². The lowest BCUT2D eigenvalue weighted by Gasteiger charge is -2.23. The van der Waals surface area contributed by atoms with Gasteiger partial charge in [-0.05, 0) is 24.3 Å². The summed E-state index contributed by atoms with van der Waals surface area (Å²) in [6, 6.07) is 15.0. The number of carbonyl (C=O) groups is 1. The molecule has 9 heteroatoms. The molecule has 9 nitrogen and oxygen atoms in total. The fourth-order valence-electron chi connectivity index (χ4n) is 2.73. The predicted octanol–water partition coefficient (Wildman–Crippen LogP) is 1.77. The molecule has 0 aliphatic carbocycles. The van der Waals surface area contributed by atoms with Gasteiger partial charge in [-0.25, -0.2) is 4.79 Å². The second-order valence-corrected chi connectivity index (χ2v) is 6.08. The highest BCUT2D eigenvalue weighted by molar-refractivity contribution is 5.75. The number of benzene rings is 2. The third kappa shape index (κ3) is 3.06. The van der Waals surface area contributed by atoms with E-state index in [4.69, 9.17) is 0 Å². The van der Waals surface area contributed by atoms with Crippen molar-refractivity contribution in [1.82, 2.24) is 39.8 Å². The van der Waals surface area contributed by atoms with Crippen LogP contribution >= 0.6 is 0 Å². The Kier molecular flexibility index (Phi) is 3.96. The van der Waals surface area contributed by atoms with Crippen LogP contribution in [0.15, 0.2) is 48.5 Å². The summed E-state index contributed by atoms with van der Waals surface area (Å²) in [5.74, 6) is 0. The maximum atomic E-state index is 12.6. The van der Waals surface area contributed by atoms with E-state index in [0.29, 0.717) is 0 Å². The molecule has 0 saturated heterocycles. The Morgan fingerprint density at radius 3 is 1.35 bits per heavy atom. The average Bonchev–Trinajstić information content (AvgIpc) is 3.23. The fourth-order valence-corrected chi connectivity index (χ4v) is 2.73. The number of carbonyl (C=O) groups excluding carboxylic acids is 1. The van der Waals surface area contributed by atoms with Crippen molar-refractivity contribution in [2.75, 3.05) is 14.1 Å². The van der Waals surface area contributed by atoms with Gasteiger partial charge in [0.15, 0.2) is 0 Å². The van der Waals surface area contributed by atoms with Crippen molar-refractivity contribution in [3.63, 3.8) is 0 Å². The highest BCUT2D eigenvalue weighted by Gasteiger charge is 2.17. The molecule has 0 unspecified atom stereocenters. The van der Waals surface area contributed by atoms with E-state index in [1.165, 1.54) is 9.59 Å². The minimum atomic E-state index is -0.173. The second kappa shape index (κ2) is 6.43. The van der Waals surface area contributed by atoms with Crippen molar-refractivity contribution >= 4 is 28.1 Å². The number of nitrogens with zero attached hydrogens (tertiary/aromatic N) is 8. The first kappa shape index (κ1) is 16.0. The Labute approximate surface area is 149 Å². The van der Waals surface area contributed by atoms with Crippen molar-refractivity contribution in [1.29, 1.82) is 0 Å². The van der Waals surface area contributed by atoms with Gasteiger partial charge in [-0.3, -0.25) is 0 Å². The standard InChI is InChI=1S/C17H18N8O/c1-22(11-24-18-13-7-3-4-8-14(13)19-24)17(26)23(2)12-25-20-15-9-5-6-10-16(15)21-25/h3-10H,11-12H2,1-2H3. The molecule has 132 valence electrons. The molecule has 0 N–H and O–H groups in total. The van der Waals surface area contributed by atoms with E-state index in [9.17, 15) is 4.79 Å². The quantitative estimate of drug-likeness (QED) is 0.560. The molecule has 2 heterocycles. The van der Waals surface area contributed by atoms with Crippen LogP contribution in [0.5, 0.6) is 0 Å². The molecule has 4 aromatic rings. The smallest absolute Gasteiger partial charge is 0.306 e. The minimum absolute atomic E-state index is 0.173. The van der Waals surface area contributed by atoms with Crippen LogP contribution < -0.4 is 0 Å². The van der Waals surface area contributed by atoms with Gasteiger partial charge in [0, 0.05) is 14.1 Å². The van der Waals surface area contributed by atoms with Gasteiger partial charge >= 0.3 is 6.03 Å². The summed E-state index contributed by atoms with van der Waals surface area (Å²) in [6.45, 7) is 0.513. The predicted molar refractivity (Wildman–Crippen MR) is 96.0 cm³/mol. The van der Waals surface area contributed by atoms with E-state index in [1.807, 2.05) is 48.5 Å². The number of rotatable bonds is 4. The molecule has 0 spiro atoms. The molecule has 2 amide bonds. The van der Waals surface area contributed by atoms with Gasteiger partial charge in [-0.2, -0.15) is 30.0 Å². The van der Waals surface area contributed by atoms with Gasteiger partial charge in [0.2, 0.25) is 0 Å². The topological polar surface area (TPSA) is 85.0 Å². The lowest BCUT2D eigenvalue weighted by molar-refractivity contribution is 0.140. The molecule has 0 saturated carbocycles. The van der Waals surface area contributed by atoms with Gasteiger partial charge in [0.1, 0.15) is 35.4 Å². The van der Waals surface area contributed by atoms with Gasteiger partial charge in [0.25, 0.3) is 0 Å². The summed E-state index contributed by atoms with van der Waals surface area (Å²) in [5.41, 5.74) is 3.20. The van der Waals surface area contributed by atoms with Gasteiger partial charge in [0.05, 0.1) is 0 Å². The molecule has 2 aromatic heterocycles. The van der Waals surface area contributed by atoms with Gasteiger partial charge in [-0.1, -0.05) is 24.3 Å². The molecule has 0 aliphatic heterocycles. The number of hydrogen-bond donors (Lipinski definition) is 0. The molecule has 0 radical (unpaired) electrons. The summed E-state index contributed by atoms with van der Waals surface area (Å²) in [4.78, 5) is 18.7. The molecule has 26 heavy (non-hydrogen) atoms. The van der Waals surface area contributed by atoms with Crippen molar-refractivity contribution in [2.24, 2.45) is 0 Å². The summed E-state index contributed by atoms with van der Waals surface area (Å²) < 4.78 is 0. The molecule has 0 fully saturated rings. The van der Waals surface area contributed by atoms with Crippen LogP contribution in [0.25, 0.3) is 22.1 Å². The van der Waals surface area contributed by atoms with Crippen molar-refractivity contribution < 1.29 is 4.79 Å².